The number of hydrogen-bond donors (Lipinski definition) is 2. The van der Waals surface area contributed by atoms with E-state index in [1.54, 1.807) is 12.1 Å². The quantitative estimate of drug-likeness (QED) is 0.413. The lowest BCUT2D eigenvalue weighted by Gasteiger charge is -2.27. The third-order valence-corrected chi connectivity index (χ3v) is 5.21. The SMILES string of the molecule is O=C(COC(=O)C1(c2ccccc2F)CCCC1)NNC(=O)c1cccc([N+](=O)[O-])c1. The van der Waals surface area contributed by atoms with Gasteiger partial charge in [-0.3, -0.25) is 35.3 Å². The molecule has 0 saturated heterocycles. The number of nitrogens with one attached hydrogen (secondary N) is 2. The number of hydrogen-bond acceptors (Lipinski definition) is 6. The molecular weight excluding hydrogens is 409 g/mol. The van der Waals surface area contributed by atoms with E-state index >= 15 is 0 Å². The molecule has 0 bridgehead atoms. The fraction of sp³-hybridized carbons (Fsp3) is 0.286. The smallest absolute Gasteiger partial charge is 0.317 e. The summed E-state index contributed by atoms with van der Waals surface area (Å²) in [5.74, 6) is -2.79. The topological polar surface area (TPSA) is 128 Å². The monoisotopic (exact) mass is 429 g/mol. The molecule has 0 aromatic heterocycles. The van der Waals surface area contributed by atoms with E-state index in [0.29, 0.717) is 12.8 Å². The second-order valence-electron chi connectivity index (χ2n) is 7.15. The molecule has 2 aromatic rings. The van der Waals surface area contributed by atoms with Crippen LogP contribution in [0, 0.1) is 15.9 Å². The normalized spacial score (nSPS) is 14.5. The number of nitrogens with zero attached hydrogens (tertiary/aromatic N) is 1. The van der Waals surface area contributed by atoms with Gasteiger partial charge in [-0.25, -0.2) is 4.39 Å². The van der Waals surface area contributed by atoms with Crippen molar-refractivity contribution in [1.29, 1.82) is 0 Å². The second kappa shape index (κ2) is 9.33. The van der Waals surface area contributed by atoms with Crippen LogP contribution < -0.4 is 10.9 Å². The van der Waals surface area contributed by atoms with E-state index in [2.05, 4.69) is 10.9 Å². The van der Waals surface area contributed by atoms with Crippen LogP contribution in [0.3, 0.4) is 0 Å². The van der Waals surface area contributed by atoms with Crippen LogP contribution in [-0.4, -0.2) is 29.3 Å². The Hall–Kier alpha value is -3.82. The van der Waals surface area contributed by atoms with Crippen molar-refractivity contribution in [2.45, 2.75) is 31.1 Å². The minimum atomic E-state index is -1.14. The molecule has 1 aliphatic rings. The zero-order chi connectivity index (χ0) is 22.4. The summed E-state index contributed by atoms with van der Waals surface area (Å²) in [6.45, 7) is -0.676. The highest BCUT2D eigenvalue weighted by atomic mass is 19.1. The van der Waals surface area contributed by atoms with Gasteiger partial charge in [0.15, 0.2) is 6.61 Å². The van der Waals surface area contributed by atoms with E-state index in [1.807, 2.05) is 0 Å². The van der Waals surface area contributed by atoms with Crippen LogP contribution in [0.5, 0.6) is 0 Å². The largest absolute Gasteiger partial charge is 0.455 e. The van der Waals surface area contributed by atoms with Gasteiger partial charge in [0, 0.05) is 23.3 Å². The van der Waals surface area contributed by atoms with E-state index in [4.69, 9.17) is 4.74 Å². The van der Waals surface area contributed by atoms with Crippen molar-refractivity contribution in [3.63, 3.8) is 0 Å². The van der Waals surface area contributed by atoms with Gasteiger partial charge >= 0.3 is 5.97 Å². The third-order valence-electron chi connectivity index (χ3n) is 5.21. The number of rotatable bonds is 6. The minimum Gasteiger partial charge on any atom is -0.455 e. The van der Waals surface area contributed by atoms with E-state index < -0.39 is 40.5 Å². The highest BCUT2D eigenvalue weighted by molar-refractivity contribution is 5.96. The van der Waals surface area contributed by atoms with Gasteiger partial charge < -0.3 is 4.74 Å². The van der Waals surface area contributed by atoms with Gasteiger partial charge in [0.25, 0.3) is 17.5 Å². The number of non-ortho nitro benzene ring substituents is 1. The summed E-state index contributed by atoms with van der Waals surface area (Å²) in [5, 5.41) is 10.8. The molecule has 162 valence electrons. The summed E-state index contributed by atoms with van der Waals surface area (Å²) in [6, 6.07) is 10.9. The van der Waals surface area contributed by atoms with Crippen LogP contribution in [0.4, 0.5) is 10.1 Å². The van der Waals surface area contributed by atoms with E-state index in [-0.39, 0.29) is 16.8 Å². The maximum Gasteiger partial charge on any atom is 0.317 e. The molecule has 9 nitrogen and oxygen atoms in total. The molecule has 0 aliphatic heterocycles. The Labute approximate surface area is 176 Å². The van der Waals surface area contributed by atoms with Crippen LogP contribution in [-0.2, 0) is 19.7 Å². The molecule has 3 rings (SSSR count). The molecule has 2 amide bonds. The maximum absolute atomic E-state index is 14.3. The fourth-order valence-corrected chi connectivity index (χ4v) is 3.68. The van der Waals surface area contributed by atoms with Crippen LogP contribution >= 0.6 is 0 Å². The molecule has 0 spiro atoms. The number of benzene rings is 2. The predicted octanol–water partition coefficient (Wildman–Crippen LogP) is 2.55. The van der Waals surface area contributed by atoms with Crippen molar-refractivity contribution in [2.24, 2.45) is 0 Å². The Balaban J connectivity index is 1.57. The highest BCUT2D eigenvalue weighted by Crippen LogP contribution is 2.43. The number of carbonyl (C=O) groups excluding carboxylic acids is 3. The minimum absolute atomic E-state index is 0.0315. The van der Waals surface area contributed by atoms with E-state index in [1.165, 1.54) is 30.3 Å². The Morgan fingerprint density at radius 2 is 1.77 bits per heavy atom. The lowest BCUT2D eigenvalue weighted by Crippen LogP contribution is -2.45. The summed E-state index contributed by atoms with van der Waals surface area (Å²) >= 11 is 0. The molecule has 2 N–H and O–H groups in total. The zero-order valence-electron chi connectivity index (χ0n) is 16.4. The number of amides is 2. The number of ether oxygens (including phenoxy) is 1. The zero-order valence-corrected chi connectivity index (χ0v) is 16.4. The number of hydrazine groups is 1. The molecule has 1 aliphatic carbocycles. The third kappa shape index (κ3) is 4.85. The fourth-order valence-electron chi connectivity index (χ4n) is 3.68. The Bertz CT molecular complexity index is 1020. The molecule has 1 saturated carbocycles. The molecular formula is C21H20FN3O6. The molecule has 2 aromatic carbocycles. The molecule has 10 heteroatoms. The number of halogens is 1. The average molecular weight is 429 g/mol. The Morgan fingerprint density at radius 1 is 1.06 bits per heavy atom. The van der Waals surface area contributed by atoms with Crippen LogP contribution in [0.25, 0.3) is 0 Å². The maximum atomic E-state index is 14.3. The van der Waals surface area contributed by atoms with Gasteiger partial charge in [-0.15, -0.1) is 0 Å². The molecule has 0 atom stereocenters. The van der Waals surface area contributed by atoms with Gasteiger partial charge in [0.2, 0.25) is 0 Å². The first-order valence-electron chi connectivity index (χ1n) is 9.59. The Kier molecular flexibility index (Phi) is 6.58. The van der Waals surface area contributed by atoms with Gasteiger partial charge in [-0.05, 0) is 25.0 Å². The first kappa shape index (κ1) is 21.9. The van der Waals surface area contributed by atoms with E-state index in [9.17, 15) is 28.9 Å². The molecule has 1 fully saturated rings. The van der Waals surface area contributed by atoms with Gasteiger partial charge in [-0.1, -0.05) is 37.1 Å². The predicted molar refractivity (Wildman–Crippen MR) is 106 cm³/mol. The first-order chi connectivity index (χ1) is 14.8. The van der Waals surface area contributed by atoms with Crippen LogP contribution in [0.2, 0.25) is 0 Å². The number of esters is 1. The first-order valence-corrected chi connectivity index (χ1v) is 9.59. The van der Waals surface area contributed by atoms with Gasteiger partial charge in [-0.2, -0.15) is 0 Å². The lowest BCUT2D eigenvalue weighted by molar-refractivity contribution is -0.384. The standard InChI is InChI=1S/C21H20FN3O6/c22-17-9-2-1-8-16(17)21(10-3-4-11-21)20(28)31-13-18(26)23-24-19(27)14-6-5-7-15(12-14)25(29)30/h1-2,5-9,12H,3-4,10-11,13H2,(H,23,26)(H,24,27). The summed E-state index contributed by atoms with van der Waals surface area (Å²) in [5.41, 5.74) is 2.98. The van der Waals surface area contributed by atoms with Crippen molar-refractivity contribution >= 4 is 23.5 Å². The van der Waals surface area contributed by atoms with Crippen molar-refractivity contribution < 1.29 is 28.4 Å². The highest BCUT2D eigenvalue weighted by Gasteiger charge is 2.45. The summed E-state index contributed by atoms with van der Waals surface area (Å²) < 4.78 is 19.4. The lowest BCUT2D eigenvalue weighted by atomic mass is 9.78. The average Bonchev–Trinajstić information content (AvgIpc) is 3.27. The summed E-state index contributed by atoms with van der Waals surface area (Å²) in [7, 11) is 0. The van der Waals surface area contributed by atoms with Crippen molar-refractivity contribution in [3.8, 4) is 0 Å². The van der Waals surface area contributed by atoms with Crippen molar-refractivity contribution in [1.82, 2.24) is 10.9 Å². The molecule has 0 radical (unpaired) electrons. The van der Waals surface area contributed by atoms with Crippen LogP contribution in [0.1, 0.15) is 41.6 Å². The van der Waals surface area contributed by atoms with Gasteiger partial charge in [0.1, 0.15) is 5.82 Å². The van der Waals surface area contributed by atoms with E-state index in [0.717, 1.165) is 18.9 Å². The molecule has 0 heterocycles. The summed E-state index contributed by atoms with van der Waals surface area (Å²) in [4.78, 5) is 46.9. The number of nitro benzene ring substituents is 1. The number of carbonyl (C=O) groups is 3. The van der Waals surface area contributed by atoms with Gasteiger partial charge in [0.05, 0.1) is 10.3 Å². The van der Waals surface area contributed by atoms with Crippen LogP contribution in [0.15, 0.2) is 48.5 Å². The molecule has 0 unspecified atom stereocenters. The number of nitro groups is 1. The Morgan fingerprint density at radius 3 is 2.45 bits per heavy atom. The van der Waals surface area contributed by atoms with Crippen molar-refractivity contribution in [2.75, 3.05) is 6.61 Å². The summed E-state index contributed by atoms with van der Waals surface area (Å²) in [6.07, 6.45) is 2.29. The second-order valence-corrected chi connectivity index (χ2v) is 7.15. The molecule has 31 heavy (non-hydrogen) atoms. The van der Waals surface area contributed by atoms with Crippen molar-refractivity contribution in [3.05, 3.63) is 75.6 Å².